The smallest absolute Gasteiger partial charge is 0.119 e. The van der Waals surface area contributed by atoms with Crippen molar-refractivity contribution in [2.75, 3.05) is 0 Å². The Morgan fingerprint density at radius 3 is 1.63 bits per heavy atom. The number of aliphatic hydroxyl groups is 1. The number of allylic oxidation sites excluding steroid dienone is 3. The van der Waals surface area contributed by atoms with Crippen LogP contribution >= 0.6 is 12.2 Å². The summed E-state index contributed by atoms with van der Waals surface area (Å²) in [6, 6.07) is 0. The molecule has 1 atom stereocenters. The Morgan fingerprint density at radius 1 is 0.700 bits per heavy atom. The fourth-order valence-corrected chi connectivity index (χ4v) is 5.13. The molecule has 1 unspecified atom stereocenters. The molecule has 1 aliphatic carbocycles. The normalized spacial score (nSPS) is 17.0. The molecule has 0 aromatic carbocycles. The zero-order chi connectivity index (χ0) is 22.0. The summed E-state index contributed by atoms with van der Waals surface area (Å²) in [7, 11) is 0. The lowest BCUT2D eigenvalue weighted by atomic mass is 9.81. The highest BCUT2D eigenvalue weighted by atomic mass is 32.1. The predicted octanol–water partition coefficient (Wildman–Crippen LogP) is 10.2. The molecule has 0 aliphatic heterocycles. The summed E-state index contributed by atoms with van der Waals surface area (Å²) in [4.78, 5) is 0.947. The molecule has 1 rings (SSSR count). The van der Waals surface area contributed by atoms with Gasteiger partial charge in [-0.3, -0.25) is 0 Å². The van der Waals surface area contributed by atoms with Gasteiger partial charge in [-0.1, -0.05) is 134 Å². The van der Waals surface area contributed by atoms with Gasteiger partial charge < -0.3 is 5.11 Å². The van der Waals surface area contributed by atoms with Gasteiger partial charge in [0.25, 0.3) is 0 Å². The van der Waals surface area contributed by atoms with Gasteiger partial charge in [0.2, 0.25) is 0 Å². The lowest BCUT2D eigenvalue weighted by Gasteiger charge is -2.26. The van der Waals surface area contributed by atoms with Crippen LogP contribution in [0.1, 0.15) is 143 Å². The Hall–Kier alpha value is -0.630. The fraction of sp³-hybridized carbons (Fsp3) is 0.821. The van der Waals surface area contributed by atoms with E-state index < -0.39 is 0 Å². The van der Waals surface area contributed by atoms with Crippen LogP contribution in [0.25, 0.3) is 0 Å². The second kappa shape index (κ2) is 18.0. The van der Waals surface area contributed by atoms with Crippen LogP contribution in [0.2, 0.25) is 0 Å². The van der Waals surface area contributed by atoms with E-state index in [0.717, 1.165) is 17.7 Å². The van der Waals surface area contributed by atoms with Gasteiger partial charge in [0.05, 0.1) is 0 Å². The Labute approximate surface area is 193 Å². The summed E-state index contributed by atoms with van der Waals surface area (Å²) in [6.07, 6.45) is 27.0. The van der Waals surface area contributed by atoms with Gasteiger partial charge in [-0.05, 0) is 37.8 Å². The van der Waals surface area contributed by atoms with Gasteiger partial charge in [-0.25, -0.2) is 0 Å². The predicted molar refractivity (Wildman–Crippen MR) is 139 cm³/mol. The largest absolute Gasteiger partial charge is 0.508 e. The molecule has 0 spiro atoms. The van der Waals surface area contributed by atoms with Crippen molar-refractivity contribution >= 4 is 17.1 Å². The van der Waals surface area contributed by atoms with Crippen molar-refractivity contribution in [2.45, 2.75) is 143 Å². The van der Waals surface area contributed by atoms with Crippen LogP contribution in [0.5, 0.6) is 0 Å². The van der Waals surface area contributed by atoms with Gasteiger partial charge in [0, 0.05) is 10.8 Å². The molecule has 0 saturated heterocycles. The molecule has 1 N–H and O–H groups in total. The number of hydrogen-bond acceptors (Lipinski definition) is 2. The van der Waals surface area contributed by atoms with E-state index in [1.807, 2.05) is 6.08 Å². The van der Waals surface area contributed by atoms with Gasteiger partial charge in [-0.2, -0.15) is 0 Å². The van der Waals surface area contributed by atoms with E-state index in [-0.39, 0.29) is 0 Å². The van der Waals surface area contributed by atoms with Crippen LogP contribution in [0.4, 0.5) is 0 Å². The molecule has 2 heteroatoms. The molecule has 0 radical (unpaired) electrons. The monoisotopic (exact) mass is 434 g/mol. The average molecular weight is 435 g/mol. The van der Waals surface area contributed by atoms with E-state index in [1.165, 1.54) is 120 Å². The van der Waals surface area contributed by atoms with Crippen LogP contribution in [-0.2, 0) is 0 Å². The first-order valence-corrected chi connectivity index (χ1v) is 13.7. The molecule has 0 fully saturated rings. The Kier molecular flexibility index (Phi) is 16.4. The lowest BCUT2D eigenvalue weighted by Crippen LogP contribution is -2.19. The van der Waals surface area contributed by atoms with Crippen molar-refractivity contribution < 1.29 is 5.11 Å². The third-order valence-electron chi connectivity index (χ3n) is 6.81. The third-order valence-corrected chi connectivity index (χ3v) is 7.21. The topological polar surface area (TPSA) is 20.2 Å². The first-order valence-electron chi connectivity index (χ1n) is 13.3. The maximum absolute atomic E-state index is 10.5. The van der Waals surface area contributed by atoms with E-state index in [0.29, 0.717) is 11.7 Å². The summed E-state index contributed by atoms with van der Waals surface area (Å²) < 4.78 is 0. The van der Waals surface area contributed by atoms with Crippen molar-refractivity contribution in [3.8, 4) is 0 Å². The summed E-state index contributed by atoms with van der Waals surface area (Å²) in [5, 5.41) is 10.5. The van der Waals surface area contributed by atoms with E-state index in [1.54, 1.807) is 0 Å². The summed E-state index contributed by atoms with van der Waals surface area (Å²) in [5.41, 5.74) is 2.54. The highest BCUT2D eigenvalue weighted by Crippen LogP contribution is 2.34. The van der Waals surface area contributed by atoms with Gasteiger partial charge in [-0.15, -0.1) is 0 Å². The fourth-order valence-electron chi connectivity index (χ4n) is 4.73. The number of aliphatic hydroxyl groups excluding tert-OH is 1. The molecule has 0 aromatic rings. The zero-order valence-corrected chi connectivity index (χ0v) is 21.3. The Balaban J connectivity index is 2.26. The molecule has 174 valence electrons. The van der Waals surface area contributed by atoms with Crippen molar-refractivity contribution in [2.24, 2.45) is 5.92 Å². The summed E-state index contributed by atoms with van der Waals surface area (Å²) in [6.45, 7) is 6.77. The highest BCUT2D eigenvalue weighted by molar-refractivity contribution is 7.80. The minimum atomic E-state index is 0.379. The molecule has 1 aliphatic rings. The van der Waals surface area contributed by atoms with Crippen molar-refractivity contribution in [1.29, 1.82) is 0 Å². The number of thiocarbonyl (C=S) groups is 1. The second-order valence-corrected chi connectivity index (χ2v) is 9.96. The molecule has 30 heavy (non-hydrogen) atoms. The average Bonchev–Trinajstić information content (AvgIpc) is 2.72. The van der Waals surface area contributed by atoms with Crippen molar-refractivity contribution in [1.82, 2.24) is 0 Å². The number of rotatable bonds is 19. The molecule has 0 saturated carbocycles. The first-order chi connectivity index (χ1) is 14.6. The van der Waals surface area contributed by atoms with Crippen LogP contribution in [0.15, 0.2) is 23.0 Å². The summed E-state index contributed by atoms with van der Waals surface area (Å²) >= 11 is 5.62. The highest BCUT2D eigenvalue weighted by Gasteiger charge is 2.24. The van der Waals surface area contributed by atoms with Gasteiger partial charge >= 0.3 is 0 Å². The third kappa shape index (κ3) is 11.7. The SMILES string of the molecule is CCCCCCCCCCCCC1=C(C)C(CCCCCCCCC)C(=S)C=C1O. The molecular weight excluding hydrogens is 384 g/mol. The van der Waals surface area contributed by atoms with Crippen LogP contribution in [0.3, 0.4) is 0 Å². The van der Waals surface area contributed by atoms with Crippen LogP contribution in [0, 0.1) is 5.92 Å². The minimum Gasteiger partial charge on any atom is -0.508 e. The maximum atomic E-state index is 10.5. The van der Waals surface area contributed by atoms with Crippen LogP contribution < -0.4 is 0 Å². The van der Waals surface area contributed by atoms with Crippen molar-refractivity contribution in [3.05, 3.63) is 23.0 Å². The lowest BCUT2D eigenvalue weighted by molar-refractivity contribution is 0.411. The van der Waals surface area contributed by atoms with E-state index in [4.69, 9.17) is 12.2 Å². The van der Waals surface area contributed by atoms with Gasteiger partial charge in [0.1, 0.15) is 5.76 Å². The second-order valence-electron chi connectivity index (χ2n) is 9.49. The van der Waals surface area contributed by atoms with Crippen molar-refractivity contribution in [3.63, 3.8) is 0 Å². The molecular formula is C28H50OS. The zero-order valence-electron chi connectivity index (χ0n) is 20.4. The first kappa shape index (κ1) is 27.4. The van der Waals surface area contributed by atoms with E-state index >= 15 is 0 Å². The standard InChI is InChI=1S/C28H50OS/c1-4-6-8-10-12-13-14-16-17-19-21-25-24(3)26(28(30)23-27(25)29)22-20-18-15-11-9-7-5-2/h23,26,29H,4-22H2,1-3H3. The minimum absolute atomic E-state index is 0.379. The molecule has 1 nitrogen and oxygen atoms in total. The Bertz CT molecular complexity index is 517. The summed E-state index contributed by atoms with van der Waals surface area (Å²) in [5.74, 6) is 0.828. The Morgan fingerprint density at radius 2 is 1.13 bits per heavy atom. The molecule has 0 heterocycles. The quantitative estimate of drug-likeness (QED) is 0.161. The molecule has 0 amide bonds. The molecule has 0 aromatic heterocycles. The number of hydrogen-bond donors (Lipinski definition) is 1. The van der Waals surface area contributed by atoms with Crippen LogP contribution in [-0.4, -0.2) is 9.97 Å². The van der Waals surface area contributed by atoms with Gasteiger partial charge in [0.15, 0.2) is 0 Å². The van der Waals surface area contributed by atoms with E-state index in [2.05, 4.69) is 20.8 Å². The van der Waals surface area contributed by atoms with E-state index in [9.17, 15) is 5.11 Å². The molecule has 0 bridgehead atoms. The maximum Gasteiger partial charge on any atom is 0.119 e. The number of unbranched alkanes of at least 4 members (excludes halogenated alkanes) is 15.